The third kappa shape index (κ3) is 26.3. The highest BCUT2D eigenvalue weighted by molar-refractivity contribution is 5.91. The predicted molar refractivity (Wildman–Crippen MR) is 298 cm³/mol. The molecular formula is C63H80O10. The summed E-state index contributed by atoms with van der Waals surface area (Å²) in [4.78, 5) is 20.5. The number of carboxylic acid groups (broad SMARTS) is 1. The van der Waals surface area contributed by atoms with Crippen molar-refractivity contribution in [2.24, 2.45) is 0 Å². The van der Waals surface area contributed by atoms with Crippen molar-refractivity contribution in [2.45, 2.75) is 131 Å². The van der Waals surface area contributed by atoms with Gasteiger partial charge in [-0.3, -0.25) is 4.79 Å². The monoisotopic (exact) mass is 997 g/mol. The number of aryl methyl sites for hydroxylation is 1. The van der Waals surface area contributed by atoms with Crippen LogP contribution in [0.25, 0.3) is 21.5 Å². The number of phenolic OH excluding ortho intramolecular Hbond substituents is 1. The number of phenols is 2. The number of rotatable bonds is 21. The van der Waals surface area contributed by atoms with Gasteiger partial charge < -0.3 is 39.7 Å². The zero-order chi connectivity index (χ0) is 53.5. The topological polar surface area (TPSA) is 163 Å². The predicted octanol–water partition coefficient (Wildman–Crippen LogP) is 14.3. The summed E-state index contributed by atoms with van der Waals surface area (Å²) in [7, 11) is 0. The minimum atomic E-state index is -1.19. The molecule has 0 aromatic heterocycles. The summed E-state index contributed by atoms with van der Waals surface area (Å²) in [6, 6.07) is 33.7. The fraction of sp³-hybridized carbons (Fsp3) is 0.397. The first-order valence-corrected chi connectivity index (χ1v) is 26.0. The van der Waals surface area contributed by atoms with Crippen molar-refractivity contribution in [1.82, 2.24) is 0 Å². The van der Waals surface area contributed by atoms with E-state index < -0.39 is 5.97 Å². The smallest absolute Gasteiger partial charge is 0.339 e. The molecule has 0 atom stereocenters. The van der Waals surface area contributed by atoms with E-state index in [-0.39, 0.29) is 24.5 Å². The Labute approximate surface area is 435 Å². The van der Waals surface area contributed by atoms with E-state index in [2.05, 4.69) is 80.4 Å². The molecular weight excluding hydrogens is 917 g/mol. The van der Waals surface area contributed by atoms with Gasteiger partial charge in [0.15, 0.2) is 0 Å². The van der Waals surface area contributed by atoms with Gasteiger partial charge in [-0.1, -0.05) is 128 Å². The number of carbonyl (C=O) groups excluding carboxylic acids is 1. The van der Waals surface area contributed by atoms with E-state index in [9.17, 15) is 19.8 Å². The molecule has 392 valence electrons. The average molecular weight is 997 g/mol. The minimum Gasteiger partial charge on any atom is -0.508 e. The summed E-state index contributed by atoms with van der Waals surface area (Å²) in [6.07, 6.45) is 15.6. The maximum atomic E-state index is 11.1. The van der Waals surface area contributed by atoms with Crippen LogP contribution in [0.4, 0.5) is 0 Å². The molecule has 6 aromatic carbocycles. The van der Waals surface area contributed by atoms with E-state index in [1.807, 2.05) is 74.5 Å². The van der Waals surface area contributed by atoms with Crippen molar-refractivity contribution < 1.29 is 49.3 Å². The molecule has 0 aliphatic carbocycles. The molecule has 0 bridgehead atoms. The van der Waals surface area contributed by atoms with Crippen LogP contribution in [0.1, 0.15) is 163 Å². The molecule has 0 saturated carbocycles. The van der Waals surface area contributed by atoms with Gasteiger partial charge in [0.2, 0.25) is 0 Å². The number of hydrogen-bond donors (Lipinski definition) is 5. The van der Waals surface area contributed by atoms with Gasteiger partial charge in [0.05, 0.1) is 19.8 Å². The van der Waals surface area contributed by atoms with Crippen molar-refractivity contribution in [1.29, 1.82) is 0 Å². The summed E-state index contributed by atoms with van der Waals surface area (Å²) < 4.78 is 16.0. The van der Waals surface area contributed by atoms with Gasteiger partial charge in [0.1, 0.15) is 28.6 Å². The molecule has 0 aliphatic heterocycles. The number of unbranched alkanes of at least 4 members (excludes halogenated alkanes) is 9. The Morgan fingerprint density at radius 2 is 0.877 bits per heavy atom. The minimum absolute atomic E-state index is 0.166. The number of aromatic hydroxyl groups is 2. The lowest BCUT2D eigenvalue weighted by Crippen LogP contribution is -1.97. The van der Waals surface area contributed by atoms with Gasteiger partial charge in [0, 0.05) is 35.5 Å². The third-order valence-electron chi connectivity index (χ3n) is 10.7. The van der Waals surface area contributed by atoms with Crippen LogP contribution < -0.4 is 9.47 Å². The number of ether oxygens (including phenoxy) is 3. The molecule has 0 aliphatic rings. The van der Waals surface area contributed by atoms with Gasteiger partial charge in [0.25, 0.3) is 6.47 Å². The van der Waals surface area contributed by atoms with Crippen LogP contribution >= 0.6 is 0 Å². The number of hydrogen-bond acceptors (Lipinski definition) is 9. The first kappa shape index (κ1) is 62.1. The zero-order valence-electron chi connectivity index (χ0n) is 44.2. The first-order chi connectivity index (χ1) is 35.5. The van der Waals surface area contributed by atoms with Crippen molar-refractivity contribution in [3.05, 3.63) is 143 Å². The van der Waals surface area contributed by atoms with Crippen molar-refractivity contribution in [3.8, 4) is 46.7 Å². The van der Waals surface area contributed by atoms with Crippen molar-refractivity contribution in [3.63, 3.8) is 0 Å². The molecule has 0 amide bonds. The molecule has 6 rings (SSSR count). The Balaban J connectivity index is 0.000000392. The van der Waals surface area contributed by atoms with Gasteiger partial charge in [-0.15, -0.1) is 0 Å². The van der Waals surface area contributed by atoms with E-state index in [1.54, 1.807) is 12.1 Å². The maximum absolute atomic E-state index is 11.1. The largest absolute Gasteiger partial charge is 0.508 e. The SMILES string of the molecule is CCC.CCCCCC.CCCOC=O.Cc1cc(C#Cc2ccc3cc(OCCCCCCO)ccc3c2)ccc1O.O=C(O)c1cc(C#Cc2ccc3cc(OCCCCCCO)ccc3c2)ccc1O. The van der Waals surface area contributed by atoms with Crippen LogP contribution in [0.3, 0.4) is 0 Å². The molecule has 0 unspecified atom stereocenters. The average Bonchev–Trinajstić information content (AvgIpc) is 3.40. The van der Waals surface area contributed by atoms with Crippen LogP contribution in [0.5, 0.6) is 23.0 Å². The van der Waals surface area contributed by atoms with Gasteiger partial charge in [-0.2, -0.15) is 0 Å². The molecule has 10 nitrogen and oxygen atoms in total. The van der Waals surface area contributed by atoms with E-state index in [1.165, 1.54) is 44.2 Å². The van der Waals surface area contributed by atoms with Gasteiger partial charge in [-0.05, 0) is 164 Å². The van der Waals surface area contributed by atoms with Gasteiger partial charge >= 0.3 is 5.97 Å². The molecule has 73 heavy (non-hydrogen) atoms. The first-order valence-electron chi connectivity index (χ1n) is 26.0. The molecule has 5 N–H and O–H groups in total. The second kappa shape index (κ2) is 38.7. The lowest BCUT2D eigenvalue weighted by Gasteiger charge is -2.07. The second-order valence-electron chi connectivity index (χ2n) is 17.3. The number of aliphatic hydroxyl groups excluding tert-OH is 2. The van der Waals surface area contributed by atoms with E-state index in [0.717, 1.165) is 113 Å². The number of carbonyl (C=O) groups is 2. The molecule has 0 spiro atoms. The van der Waals surface area contributed by atoms with Crippen LogP contribution in [-0.2, 0) is 9.53 Å². The summed E-state index contributed by atoms with van der Waals surface area (Å²) in [6.45, 7) is 15.4. The quantitative estimate of drug-likeness (QED) is 0.0266. The Bertz CT molecular complexity index is 2630. The Hall–Kier alpha value is -6.98. The Morgan fingerprint density at radius 1 is 0.479 bits per heavy atom. The zero-order valence-corrected chi connectivity index (χ0v) is 44.2. The highest BCUT2D eigenvalue weighted by Gasteiger charge is 2.09. The lowest BCUT2D eigenvalue weighted by atomic mass is 10.1. The number of carboxylic acids is 1. The van der Waals surface area contributed by atoms with E-state index in [4.69, 9.17) is 24.8 Å². The summed E-state index contributed by atoms with van der Waals surface area (Å²) in [5, 5.41) is 50.2. The standard InChI is InChI=1S/C25H24O5.C25H26O3.C6H14.C4H8O2.C3H8/c26-13-3-1-2-4-14-30-22-11-10-20-15-18(7-9-21(20)17-22)5-6-19-8-12-24(27)23(16-19)25(28)29;1-19-16-20(9-13-25(19)27)6-7-21-8-10-23-18-24(12-11-22(23)17-21)28-15-5-3-2-4-14-26;1-3-5-6-4-2;1-2-3-6-4-5;1-3-2/h7-12,15-17,26-27H,1-4,13-14H2,(H,28,29);8-13,16-18,26-27H,2-5,14-15H2,1H3;3-6H2,1-2H3;4H,2-3H2,1H3;3H2,1-2H3. The molecule has 0 heterocycles. The third-order valence-corrected chi connectivity index (χ3v) is 10.7. The number of benzene rings is 6. The number of fused-ring (bicyclic) bond motifs is 2. The fourth-order valence-electron chi connectivity index (χ4n) is 6.77. The fourth-order valence-corrected chi connectivity index (χ4v) is 6.77. The number of aromatic carboxylic acids is 1. The Morgan fingerprint density at radius 3 is 1.27 bits per heavy atom. The van der Waals surface area contributed by atoms with E-state index >= 15 is 0 Å². The molecule has 10 heteroatoms. The molecule has 6 aromatic rings. The highest BCUT2D eigenvalue weighted by atomic mass is 16.5. The highest BCUT2D eigenvalue weighted by Crippen LogP contribution is 2.25. The summed E-state index contributed by atoms with van der Waals surface area (Å²) in [5.74, 6) is 12.9. The van der Waals surface area contributed by atoms with Crippen LogP contribution in [-0.4, -0.2) is 71.0 Å². The van der Waals surface area contributed by atoms with Gasteiger partial charge in [-0.25, -0.2) is 4.79 Å². The molecule has 0 radical (unpaired) electrons. The lowest BCUT2D eigenvalue weighted by molar-refractivity contribution is -0.128. The number of aliphatic hydroxyl groups is 2. The molecule has 0 saturated heterocycles. The van der Waals surface area contributed by atoms with E-state index in [0.29, 0.717) is 37.6 Å². The van der Waals surface area contributed by atoms with Crippen LogP contribution in [0, 0.1) is 30.6 Å². The van der Waals surface area contributed by atoms with Crippen LogP contribution in [0.15, 0.2) is 109 Å². The second-order valence-corrected chi connectivity index (χ2v) is 17.3. The van der Waals surface area contributed by atoms with Crippen molar-refractivity contribution in [2.75, 3.05) is 33.0 Å². The Kier molecular flexibility index (Phi) is 32.9. The summed E-state index contributed by atoms with van der Waals surface area (Å²) >= 11 is 0. The normalized spacial score (nSPS) is 9.92. The molecule has 0 fully saturated rings. The van der Waals surface area contributed by atoms with Crippen molar-refractivity contribution >= 4 is 34.0 Å². The maximum Gasteiger partial charge on any atom is 0.339 e. The summed E-state index contributed by atoms with van der Waals surface area (Å²) in [5.41, 5.74) is 3.83. The van der Waals surface area contributed by atoms with Crippen LogP contribution in [0.2, 0.25) is 0 Å².